The van der Waals surface area contributed by atoms with E-state index in [-0.39, 0.29) is 0 Å². The van der Waals surface area contributed by atoms with Gasteiger partial charge in [-0.05, 0) is 41.6 Å². The third kappa shape index (κ3) is 4.28. The number of guanidine groups is 1. The molecule has 132 valence electrons. The number of hydrogen-bond donors (Lipinski definition) is 1. The lowest BCUT2D eigenvalue weighted by Gasteiger charge is -2.36. The molecule has 0 bridgehead atoms. The predicted molar refractivity (Wildman–Crippen MR) is 98.8 cm³/mol. The van der Waals surface area contributed by atoms with Gasteiger partial charge in [0.2, 0.25) is 11.8 Å². The number of aliphatic imine (C=N–C) groups is 1. The maximum atomic E-state index is 5.26. The summed E-state index contributed by atoms with van der Waals surface area (Å²) in [5, 5.41) is 3.42. The van der Waals surface area contributed by atoms with Crippen LogP contribution in [0.15, 0.2) is 15.7 Å². The number of hydrogen-bond acceptors (Lipinski definition) is 5. The van der Waals surface area contributed by atoms with E-state index in [9.17, 15) is 0 Å². The number of halogens is 1. The number of anilines is 1. The van der Waals surface area contributed by atoms with Gasteiger partial charge >= 0.3 is 0 Å². The first kappa shape index (κ1) is 17.3. The average molecular weight is 397 g/mol. The Hall–Kier alpha value is -1.57. The van der Waals surface area contributed by atoms with Crippen LogP contribution in [0.5, 0.6) is 5.88 Å². The van der Waals surface area contributed by atoms with Crippen molar-refractivity contribution in [3.8, 4) is 5.88 Å². The quantitative estimate of drug-likeness (QED) is 0.603. The molecule has 0 aromatic carbocycles. The highest BCUT2D eigenvalue weighted by Gasteiger charge is 2.24. The van der Waals surface area contributed by atoms with Crippen LogP contribution in [0.2, 0.25) is 0 Å². The maximum Gasteiger partial charge on any atom is 0.232 e. The minimum Gasteiger partial charge on any atom is -0.480 e. The summed E-state index contributed by atoms with van der Waals surface area (Å²) in [5.41, 5.74) is 0. The fourth-order valence-electron chi connectivity index (χ4n) is 2.70. The summed E-state index contributed by atoms with van der Waals surface area (Å²) < 4.78 is 6.04. The molecule has 2 fully saturated rings. The number of nitrogens with zero attached hydrogens (tertiary/aromatic N) is 5. The zero-order valence-corrected chi connectivity index (χ0v) is 15.9. The zero-order valence-electron chi connectivity index (χ0n) is 14.3. The lowest BCUT2D eigenvalue weighted by Crippen LogP contribution is -2.53. The summed E-state index contributed by atoms with van der Waals surface area (Å²) in [6.45, 7) is 7.55. The highest BCUT2D eigenvalue weighted by Crippen LogP contribution is 2.29. The molecule has 0 radical (unpaired) electrons. The number of rotatable bonds is 5. The Morgan fingerprint density at radius 1 is 1.38 bits per heavy atom. The second-order valence-corrected chi connectivity index (χ2v) is 6.99. The number of methoxy groups -OCH3 is 1. The summed E-state index contributed by atoms with van der Waals surface area (Å²) >= 11 is 3.39. The van der Waals surface area contributed by atoms with Crippen molar-refractivity contribution in [1.29, 1.82) is 0 Å². The average Bonchev–Trinajstić information content (AvgIpc) is 3.44. The summed E-state index contributed by atoms with van der Waals surface area (Å²) in [4.78, 5) is 18.2. The van der Waals surface area contributed by atoms with Gasteiger partial charge < -0.3 is 19.9 Å². The zero-order chi connectivity index (χ0) is 16.9. The Kier molecular flexibility index (Phi) is 5.76. The maximum absolute atomic E-state index is 5.26. The van der Waals surface area contributed by atoms with Crippen LogP contribution in [-0.2, 0) is 0 Å². The molecule has 1 N–H and O–H groups in total. The van der Waals surface area contributed by atoms with Gasteiger partial charge in [0.1, 0.15) is 0 Å². The van der Waals surface area contributed by atoms with E-state index >= 15 is 0 Å². The van der Waals surface area contributed by atoms with Gasteiger partial charge in [0, 0.05) is 39.3 Å². The van der Waals surface area contributed by atoms with Gasteiger partial charge in [-0.15, -0.1) is 0 Å². The third-order valence-corrected chi connectivity index (χ3v) is 4.83. The van der Waals surface area contributed by atoms with Crippen LogP contribution < -0.4 is 15.0 Å². The summed E-state index contributed by atoms with van der Waals surface area (Å²) in [5.74, 6) is 3.14. The van der Waals surface area contributed by atoms with Gasteiger partial charge in [0.25, 0.3) is 0 Å². The van der Waals surface area contributed by atoms with Gasteiger partial charge in [0.15, 0.2) is 5.96 Å². The van der Waals surface area contributed by atoms with Crippen LogP contribution in [0.25, 0.3) is 0 Å². The van der Waals surface area contributed by atoms with Crippen LogP contribution in [0.3, 0.4) is 0 Å². The predicted octanol–water partition coefficient (Wildman–Crippen LogP) is 1.75. The van der Waals surface area contributed by atoms with E-state index in [2.05, 4.69) is 47.9 Å². The fourth-order valence-corrected chi connectivity index (χ4v) is 3.05. The largest absolute Gasteiger partial charge is 0.480 e. The molecule has 1 aliphatic carbocycles. The van der Waals surface area contributed by atoms with E-state index in [4.69, 9.17) is 9.73 Å². The van der Waals surface area contributed by atoms with Crippen LogP contribution in [0, 0.1) is 5.92 Å². The van der Waals surface area contributed by atoms with Crippen LogP contribution in [0.1, 0.15) is 19.8 Å². The molecule has 1 saturated heterocycles. The highest BCUT2D eigenvalue weighted by molar-refractivity contribution is 9.10. The molecule has 1 saturated carbocycles. The van der Waals surface area contributed by atoms with Crippen molar-refractivity contribution in [2.45, 2.75) is 19.8 Å². The summed E-state index contributed by atoms with van der Waals surface area (Å²) in [7, 11) is 1.62. The van der Waals surface area contributed by atoms with Crippen LogP contribution in [-0.4, -0.2) is 67.2 Å². The minimum absolute atomic E-state index is 0.571. The molecule has 8 heteroatoms. The standard InChI is InChI=1S/C16H25BrN6O/c1-3-18-15(19-10-12-4-5-12)22-6-8-23(9-7-22)16-20-11-13(17)14(21-16)24-2/h11-12H,3-10H2,1-2H3,(H,18,19). The smallest absolute Gasteiger partial charge is 0.232 e. The van der Waals surface area contributed by atoms with Crippen molar-refractivity contribution in [1.82, 2.24) is 20.2 Å². The lowest BCUT2D eigenvalue weighted by molar-refractivity contribution is 0.366. The third-order valence-electron chi connectivity index (χ3n) is 4.29. The first-order valence-corrected chi connectivity index (χ1v) is 9.35. The van der Waals surface area contributed by atoms with Gasteiger partial charge in [-0.25, -0.2) is 4.98 Å². The molecule has 24 heavy (non-hydrogen) atoms. The molecule has 1 aromatic heterocycles. The van der Waals surface area contributed by atoms with E-state index < -0.39 is 0 Å². The molecular weight excluding hydrogens is 372 g/mol. The fraction of sp³-hybridized carbons (Fsp3) is 0.688. The molecule has 2 aliphatic rings. The first-order chi connectivity index (χ1) is 11.7. The van der Waals surface area contributed by atoms with Crippen molar-refractivity contribution in [3.05, 3.63) is 10.7 Å². The molecule has 0 atom stereocenters. The second kappa shape index (κ2) is 8.00. The highest BCUT2D eigenvalue weighted by atomic mass is 79.9. The number of aromatic nitrogens is 2. The van der Waals surface area contributed by atoms with Gasteiger partial charge in [0.05, 0.1) is 17.8 Å². The molecule has 3 rings (SSSR count). The Morgan fingerprint density at radius 2 is 2.12 bits per heavy atom. The summed E-state index contributed by atoms with van der Waals surface area (Å²) in [6, 6.07) is 0. The summed E-state index contributed by atoms with van der Waals surface area (Å²) in [6.07, 6.45) is 4.41. The number of piperazine rings is 1. The van der Waals surface area contributed by atoms with Gasteiger partial charge in [-0.3, -0.25) is 4.99 Å². The second-order valence-electron chi connectivity index (χ2n) is 6.14. The van der Waals surface area contributed by atoms with E-state index in [0.717, 1.165) is 61.6 Å². The molecule has 0 amide bonds. The molecule has 0 unspecified atom stereocenters. The number of ether oxygens (including phenoxy) is 1. The molecule has 1 aliphatic heterocycles. The first-order valence-electron chi connectivity index (χ1n) is 8.56. The Morgan fingerprint density at radius 3 is 2.75 bits per heavy atom. The Labute approximate surface area is 151 Å². The topological polar surface area (TPSA) is 65.9 Å². The Bertz CT molecular complexity index is 584. The lowest BCUT2D eigenvalue weighted by atomic mass is 10.3. The van der Waals surface area contributed by atoms with Crippen LogP contribution in [0.4, 0.5) is 5.95 Å². The van der Waals surface area contributed by atoms with Crippen molar-refractivity contribution in [2.75, 3.05) is 51.3 Å². The minimum atomic E-state index is 0.571. The molecule has 2 heterocycles. The molecule has 0 spiro atoms. The normalized spacial score (nSPS) is 18.7. The van der Waals surface area contributed by atoms with Crippen LogP contribution >= 0.6 is 15.9 Å². The SMILES string of the molecule is CCNC(=NCC1CC1)N1CCN(c2ncc(Br)c(OC)n2)CC1. The monoisotopic (exact) mass is 396 g/mol. The van der Waals surface area contributed by atoms with Crippen molar-refractivity contribution >= 4 is 27.8 Å². The van der Waals surface area contributed by atoms with E-state index in [1.807, 2.05) is 0 Å². The Balaban J connectivity index is 1.60. The van der Waals surface area contributed by atoms with Gasteiger partial charge in [-0.2, -0.15) is 4.98 Å². The van der Waals surface area contributed by atoms with E-state index in [0.29, 0.717) is 5.88 Å². The van der Waals surface area contributed by atoms with Crippen molar-refractivity contribution < 1.29 is 4.74 Å². The molecular formula is C16H25BrN6O. The number of nitrogens with one attached hydrogen (secondary N) is 1. The van der Waals surface area contributed by atoms with Gasteiger partial charge in [-0.1, -0.05) is 0 Å². The molecule has 1 aromatic rings. The van der Waals surface area contributed by atoms with E-state index in [1.54, 1.807) is 13.3 Å². The molecule has 7 nitrogen and oxygen atoms in total. The van der Waals surface area contributed by atoms with Crippen molar-refractivity contribution in [2.24, 2.45) is 10.9 Å². The van der Waals surface area contributed by atoms with Crippen molar-refractivity contribution in [3.63, 3.8) is 0 Å². The van der Waals surface area contributed by atoms with E-state index in [1.165, 1.54) is 12.8 Å².